The van der Waals surface area contributed by atoms with Gasteiger partial charge in [-0.2, -0.15) is 0 Å². The van der Waals surface area contributed by atoms with Crippen LogP contribution in [0.3, 0.4) is 0 Å². The van der Waals surface area contributed by atoms with E-state index in [1.807, 2.05) is 19.1 Å². The van der Waals surface area contributed by atoms with Gasteiger partial charge in [0.1, 0.15) is 27.6 Å². The lowest BCUT2D eigenvalue weighted by Gasteiger charge is -2.37. The summed E-state index contributed by atoms with van der Waals surface area (Å²) in [5.74, 6) is -3.24. The molecule has 0 radical (unpaired) electrons. The normalized spacial score (nSPS) is 27.6. The molecule has 0 aliphatic carbocycles. The Kier molecular flexibility index (Phi) is 9.78. The largest absolute Gasteiger partial charge is 0.380 e. The Morgan fingerprint density at radius 1 is 0.978 bits per heavy atom. The summed E-state index contributed by atoms with van der Waals surface area (Å²) in [5, 5.41) is 4.09. The topological polar surface area (TPSA) is 106 Å². The Morgan fingerprint density at radius 3 is 2.48 bits per heavy atom. The molecule has 6 heterocycles. The van der Waals surface area contributed by atoms with Crippen molar-refractivity contribution in [3.63, 3.8) is 0 Å². The molecule has 0 amide bonds. The summed E-state index contributed by atoms with van der Waals surface area (Å²) in [5.41, 5.74) is 1.68. The number of anilines is 1. The molecule has 12 heteroatoms. The summed E-state index contributed by atoms with van der Waals surface area (Å²) in [6.45, 7) is 4.34. The number of sulfone groups is 1. The van der Waals surface area contributed by atoms with Crippen molar-refractivity contribution in [2.24, 2.45) is 5.92 Å². The van der Waals surface area contributed by atoms with Gasteiger partial charge in [0.25, 0.3) is 11.5 Å². The lowest BCUT2D eigenvalue weighted by Crippen LogP contribution is -2.43. The van der Waals surface area contributed by atoms with E-state index in [-0.39, 0.29) is 40.7 Å². The summed E-state index contributed by atoms with van der Waals surface area (Å²) in [6.07, 6.45) is 6.51. The summed E-state index contributed by atoms with van der Waals surface area (Å²) in [6, 6.07) is 8.11. The van der Waals surface area contributed by atoms with Gasteiger partial charge in [-0.25, -0.2) is 27.2 Å². The van der Waals surface area contributed by atoms with Gasteiger partial charge in [0.2, 0.25) is 0 Å². The smallest absolute Gasteiger partial charge is 0.276 e. The van der Waals surface area contributed by atoms with Crippen molar-refractivity contribution in [2.75, 3.05) is 43.6 Å². The molecule has 9 nitrogen and oxygen atoms in total. The number of alkyl halides is 2. The second kappa shape index (κ2) is 13.6. The number of fused-ring (bicyclic) bond motifs is 9. The Labute approximate surface area is 269 Å². The third kappa shape index (κ3) is 6.99. The van der Waals surface area contributed by atoms with E-state index in [1.165, 1.54) is 12.4 Å². The van der Waals surface area contributed by atoms with Crippen LogP contribution in [0.2, 0.25) is 0 Å². The summed E-state index contributed by atoms with van der Waals surface area (Å²) >= 11 is 0. The highest BCUT2D eigenvalue weighted by molar-refractivity contribution is 7.91. The van der Waals surface area contributed by atoms with Crippen LogP contribution in [0.1, 0.15) is 86.9 Å². The lowest BCUT2D eigenvalue weighted by molar-refractivity contribution is -0.0882. The minimum Gasteiger partial charge on any atom is -0.380 e. The molecule has 0 saturated carbocycles. The molecule has 4 aliphatic heterocycles. The zero-order valence-electron chi connectivity index (χ0n) is 26.8. The number of ether oxygens (including phenoxy) is 1. The molecule has 4 aliphatic rings. The molecule has 2 aromatic heterocycles. The molecule has 0 spiro atoms. The number of nitrogens with one attached hydrogen (secondary N) is 1. The first-order valence-corrected chi connectivity index (χ1v) is 18.5. The summed E-state index contributed by atoms with van der Waals surface area (Å²) < 4.78 is 63.8. The molecule has 7 rings (SSSR count). The van der Waals surface area contributed by atoms with E-state index in [2.05, 4.69) is 20.2 Å². The first-order valence-electron chi connectivity index (χ1n) is 16.6. The van der Waals surface area contributed by atoms with E-state index in [0.29, 0.717) is 73.3 Å². The fraction of sp³-hybridized carbons (Fsp3) is 0.618. The number of rotatable bonds is 2. The highest BCUT2D eigenvalue weighted by atomic mass is 32.2. The van der Waals surface area contributed by atoms with Crippen LogP contribution in [0.5, 0.6) is 0 Å². The number of halogens is 2. The van der Waals surface area contributed by atoms with Gasteiger partial charge in [-0.3, -0.25) is 9.36 Å². The van der Waals surface area contributed by atoms with Crippen molar-refractivity contribution in [3.05, 3.63) is 63.7 Å². The molecule has 1 unspecified atom stereocenters. The van der Waals surface area contributed by atoms with Gasteiger partial charge >= 0.3 is 0 Å². The standard InChI is InChI=1S/C34H45F2N5O4S/c1-23-25-7-6-8-27(19-25)34(35,36)26-10-15-40(16-11-26)21-28(45-2)9-4-3-5-14-41-32-30(31(39-23)37-22-38-32)20-29(33(41)42)24-12-17-46(43,44)18-13-24/h6-8,19-20,22-24,26,28H,3-5,9-18,21H2,1-2H3,(H,37,38,39)/t23-,28?/m0/s1. The van der Waals surface area contributed by atoms with Gasteiger partial charge in [-0.15, -0.1) is 0 Å². The Morgan fingerprint density at radius 2 is 1.74 bits per heavy atom. The van der Waals surface area contributed by atoms with Crippen LogP contribution >= 0.6 is 0 Å². The Hall–Kier alpha value is -2.96. The van der Waals surface area contributed by atoms with Crippen molar-refractivity contribution >= 4 is 26.7 Å². The third-order valence-electron chi connectivity index (χ3n) is 10.3. The van der Waals surface area contributed by atoms with E-state index in [4.69, 9.17) is 4.74 Å². The number of methoxy groups -OCH3 is 1. The van der Waals surface area contributed by atoms with Gasteiger partial charge in [0.05, 0.1) is 23.0 Å². The average Bonchev–Trinajstić information content (AvgIpc) is 3.05. The first-order chi connectivity index (χ1) is 22.1. The number of hydrogen-bond donors (Lipinski definition) is 1. The van der Waals surface area contributed by atoms with Crippen LogP contribution < -0.4 is 10.9 Å². The fourth-order valence-electron chi connectivity index (χ4n) is 7.43. The molecule has 1 aromatic carbocycles. The minimum atomic E-state index is -3.11. The van der Waals surface area contributed by atoms with Gasteiger partial charge in [0, 0.05) is 43.3 Å². The second-order valence-corrected chi connectivity index (χ2v) is 15.6. The fourth-order valence-corrected chi connectivity index (χ4v) is 8.92. The quantitative estimate of drug-likeness (QED) is 0.377. The molecule has 2 fully saturated rings. The number of hydrogen-bond acceptors (Lipinski definition) is 8. The maximum absolute atomic E-state index is 15.9. The molecular weight excluding hydrogens is 612 g/mol. The van der Waals surface area contributed by atoms with Crippen LogP contribution in [0.25, 0.3) is 11.0 Å². The molecule has 46 heavy (non-hydrogen) atoms. The van der Waals surface area contributed by atoms with E-state index in [0.717, 1.165) is 32.2 Å². The number of pyridine rings is 1. The zero-order chi connectivity index (χ0) is 32.5. The monoisotopic (exact) mass is 657 g/mol. The maximum atomic E-state index is 15.9. The number of aryl methyl sites for hydroxylation is 1. The minimum absolute atomic E-state index is 0.0140. The van der Waals surface area contributed by atoms with Crippen LogP contribution in [0.4, 0.5) is 14.6 Å². The number of aromatic nitrogens is 3. The average molecular weight is 658 g/mol. The highest BCUT2D eigenvalue weighted by Gasteiger charge is 2.43. The van der Waals surface area contributed by atoms with Crippen LogP contribution in [0, 0.1) is 5.92 Å². The predicted molar refractivity (Wildman–Crippen MR) is 175 cm³/mol. The lowest BCUT2D eigenvalue weighted by atomic mass is 9.85. The van der Waals surface area contributed by atoms with Gasteiger partial charge in [-0.05, 0) is 82.2 Å². The molecule has 3 aromatic rings. The number of piperidine rings is 1. The zero-order valence-corrected chi connectivity index (χ0v) is 27.6. The van der Waals surface area contributed by atoms with Crippen molar-refractivity contribution in [3.8, 4) is 0 Å². The molecule has 1 N–H and O–H groups in total. The number of nitrogens with zero attached hydrogens (tertiary/aromatic N) is 4. The van der Waals surface area contributed by atoms with Crippen LogP contribution in [-0.4, -0.2) is 72.2 Å². The number of benzene rings is 1. The van der Waals surface area contributed by atoms with Crippen LogP contribution in [0.15, 0.2) is 41.5 Å². The van der Waals surface area contributed by atoms with E-state index < -0.39 is 21.7 Å². The summed E-state index contributed by atoms with van der Waals surface area (Å²) in [4.78, 5) is 25.3. The molecule has 2 atom stereocenters. The van der Waals surface area contributed by atoms with Gasteiger partial charge < -0.3 is 15.0 Å². The van der Waals surface area contributed by atoms with Crippen molar-refractivity contribution in [1.29, 1.82) is 0 Å². The van der Waals surface area contributed by atoms with E-state index >= 15 is 8.78 Å². The SMILES string of the molecule is COC1CCCCCn2c(=O)c(C3CCS(=O)(=O)CC3)cc3c(ncnc32)N[C@@H](C)c2cccc(c2)C(F)(F)C2CCN(CC2)C1. The van der Waals surface area contributed by atoms with Gasteiger partial charge in [-0.1, -0.05) is 31.0 Å². The predicted octanol–water partition coefficient (Wildman–Crippen LogP) is 5.65. The Bertz CT molecular complexity index is 1690. The summed E-state index contributed by atoms with van der Waals surface area (Å²) in [7, 11) is -1.40. The molecule has 8 bridgehead atoms. The van der Waals surface area contributed by atoms with Crippen molar-refractivity contribution in [1.82, 2.24) is 19.4 Å². The first kappa shape index (κ1) is 33.0. The van der Waals surface area contributed by atoms with E-state index in [9.17, 15) is 13.2 Å². The van der Waals surface area contributed by atoms with Crippen molar-refractivity contribution in [2.45, 2.75) is 88.8 Å². The second-order valence-electron chi connectivity index (χ2n) is 13.3. The molecule has 250 valence electrons. The maximum Gasteiger partial charge on any atom is 0.276 e. The van der Waals surface area contributed by atoms with Gasteiger partial charge in [0.15, 0.2) is 0 Å². The molecule has 2 saturated heterocycles. The van der Waals surface area contributed by atoms with E-state index in [1.54, 1.807) is 23.8 Å². The molecular formula is C34H45F2N5O4S. The third-order valence-corrected chi connectivity index (χ3v) is 12.0. The Balaban J connectivity index is 1.39. The van der Waals surface area contributed by atoms with Crippen molar-refractivity contribution < 1.29 is 21.9 Å². The van der Waals surface area contributed by atoms with Crippen LogP contribution in [-0.2, 0) is 27.0 Å². The highest BCUT2D eigenvalue weighted by Crippen LogP contribution is 2.42.